The van der Waals surface area contributed by atoms with E-state index in [-0.39, 0.29) is 48.3 Å². The van der Waals surface area contributed by atoms with Gasteiger partial charge >= 0.3 is 0 Å². The Morgan fingerprint density at radius 3 is 2.42 bits per heavy atom. The number of rotatable bonds is 9. The number of hydrogen-bond donors (Lipinski definition) is 0. The van der Waals surface area contributed by atoms with Crippen molar-refractivity contribution in [1.82, 2.24) is 0 Å². The molecule has 8 atom stereocenters. The maximum absolute atomic E-state index is 6.97. The fourth-order valence-corrected chi connectivity index (χ4v) is 6.73. The van der Waals surface area contributed by atoms with E-state index in [1.807, 2.05) is 18.4 Å². The van der Waals surface area contributed by atoms with Crippen LogP contribution in [0, 0.1) is 0 Å². The molecular formula is C34H44O6. The average molecular weight is 549 g/mol. The number of allylic oxidation sites excluding steroid dienone is 1. The van der Waals surface area contributed by atoms with Gasteiger partial charge in [0.1, 0.15) is 12.2 Å². The highest BCUT2D eigenvalue weighted by Gasteiger charge is 2.54. The number of hydrogen-bond acceptors (Lipinski definition) is 6. The maximum atomic E-state index is 6.97. The van der Waals surface area contributed by atoms with E-state index in [4.69, 9.17) is 28.4 Å². The standard InChI is InChI=1S/C34H44O6/c1-34-18-17-28-29(16-8-9-20-36-28)39-32(34)22-31-33(40-34)30(37-24-26-13-6-3-7-14-26)21-27(38-31)15-10-19-35-23-25-11-4-2-5-12-25/h2-7,9,11-14,20,27-33H,8,10,15-19,21-24H2,1H3/t27-,28+,29-,30+,31-,32+,33+,34-/m1/s1. The SMILES string of the molecule is C[C@@]12CC[C@@H]3OC=CCC[C@H]3O[C@H]1C[C@H]1O[C@H](CCCOCc3ccccc3)C[C@H](OCc3ccccc3)[C@@H]1O2. The summed E-state index contributed by atoms with van der Waals surface area (Å²) in [5.41, 5.74) is 2.01. The van der Waals surface area contributed by atoms with Crippen LogP contribution in [0.25, 0.3) is 0 Å². The van der Waals surface area contributed by atoms with Crippen molar-refractivity contribution in [3.05, 3.63) is 84.1 Å². The fourth-order valence-electron chi connectivity index (χ4n) is 6.73. The summed E-state index contributed by atoms with van der Waals surface area (Å²) in [5.74, 6) is 0. The van der Waals surface area contributed by atoms with Crippen LogP contribution in [0.4, 0.5) is 0 Å². The molecule has 0 N–H and O–H groups in total. The Bertz CT molecular complexity index is 1080. The Morgan fingerprint density at radius 1 is 0.850 bits per heavy atom. The van der Waals surface area contributed by atoms with Crippen LogP contribution >= 0.6 is 0 Å². The highest BCUT2D eigenvalue weighted by Crippen LogP contribution is 2.45. The summed E-state index contributed by atoms with van der Waals surface area (Å²) in [7, 11) is 0. The van der Waals surface area contributed by atoms with Crippen LogP contribution < -0.4 is 0 Å². The van der Waals surface area contributed by atoms with Crippen LogP contribution in [0.1, 0.15) is 69.4 Å². The first-order valence-corrected chi connectivity index (χ1v) is 15.2. The Morgan fingerprint density at radius 2 is 1.62 bits per heavy atom. The summed E-state index contributed by atoms with van der Waals surface area (Å²) in [6.07, 6.45) is 11.4. The van der Waals surface area contributed by atoms with Crippen LogP contribution in [0.5, 0.6) is 0 Å². The van der Waals surface area contributed by atoms with Crippen molar-refractivity contribution >= 4 is 0 Å². The second kappa shape index (κ2) is 13.2. The van der Waals surface area contributed by atoms with Gasteiger partial charge in [-0.15, -0.1) is 0 Å². The van der Waals surface area contributed by atoms with Crippen molar-refractivity contribution in [3.63, 3.8) is 0 Å². The fraction of sp³-hybridized carbons (Fsp3) is 0.588. The second-order valence-electron chi connectivity index (χ2n) is 12.0. The lowest BCUT2D eigenvalue weighted by Gasteiger charge is -2.52. The number of ether oxygens (including phenoxy) is 6. The molecule has 3 fully saturated rings. The minimum Gasteiger partial charge on any atom is -0.496 e. The van der Waals surface area contributed by atoms with Gasteiger partial charge in [0.2, 0.25) is 0 Å². The molecule has 2 aromatic rings. The first kappa shape index (κ1) is 27.9. The van der Waals surface area contributed by atoms with Crippen LogP contribution in [0.3, 0.4) is 0 Å². The minimum absolute atomic E-state index is 0.0202. The smallest absolute Gasteiger partial charge is 0.124 e. The first-order chi connectivity index (χ1) is 19.7. The van der Waals surface area contributed by atoms with E-state index in [1.165, 1.54) is 11.1 Å². The van der Waals surface area contributed by atoms with E-state index < -0.39 is 0 Å². The molecule has 4 aliphatic rings. The molecular weight excluding hydrogens is 504 g/mol. The predicted molar refractivity (Wildman–Crippen MR) is 153 cm³/mol. The molecule has 2 aromatic carbocycles. The van der Waals surface area contributed by atoms with Gasteiger partial charge in [-0.25, -0.2) is 0 Å². The van der Waals surface area contributed by atoms with Gasteiger partial charge in [0, 0.05) is 19.4 Å². The molecule has 6 heteroatoms. The third kappa shape index (κ3) is 6.80. The molecule has 0 saturated carbocycles. The second-order valence-corrected chi connectivity index (χ2v) is 12.0. The molecule has 216 valence electrons. The first-order valence-electron chi connectivity index (χ1n) is 15.2. The summed E-state index contributed by atoms with van der Waals surface area (Å²) < 4.78 is 39.1. The van der Waals surface area contributed by atoms with Crippen LogP contribution in [-0.4, -0.2) is 54.9 Å². The van der Waals surface area contributed by atoms with Crippen LogP contribution in [0.2, 0.25) is 0 Å². The van der Waals surface area contributed by atoms with E-state index in [0.29, 0.717) is 13.2 Å². The van der Waals surface area contributed by atoms with Gasteiger partial charge in [-0.3, -0.25) is 0 Å². The topological polar surface area (TPSA) is 55.4 Å². The van der Waals surface area contributed by atoms with Gasteiger partial charge in [-0.05, 0) is 62.7 Å². The number of fused-ring (bicyclic) bond motifs is 3. The van der Waals surface area contributed by atoms with Crippen molar-refractivity contribution in [1.29, 1.82) is 0 Å². The lowest BCUT2D eigenvalue weighted by Crippen LogP contribution is -2.62. The molecule has 0 spiro atoms. The molecule has 0 radical (unpaired) electrons. The van der Waals surface area contributed by atoms with E-state index >= 15 is 0 Å². The molecule has 6 nitrogen and oxygen atoms in total. The molecule has 3 saturated heterocycles. The third-order valence-electron chi connectivity index (χ3n) is 9.01. The van der Waals surface area contributed by atoms with Gasteiger partial charge in [-0.2, -0.15) is 0 Å². The van der Waals surface area contributed by atoms with Crippen molar-refractivity contribution in [2.75, 3.05) is 6.61 Å². The zero-order valence-electron chi connectivity index (χ0n) is 23.7. The Labute approximate surface area is 238 Å². The summed E-state index contributed by atoms with van der Waals surface area (Å²) in [6.45, 7) is 4.16. The van der Waals surface area contributed by atoms with Gasteiger partial charge < -0.3 is 28.4 Å². The summed E-state index contributed by atoms with van der Waals surface area (Å²) in [6, 6.07) is 20.8. The Hall–Kier alpha value is -2.22. The van der Waals surface area contributed by atoms with Gasteiger partial charge in [0.25, 0.3) is 0 Å². The summed E-state index contributed by atoms with van der Waals surface area (Å²) >= 11 is 0. The lowest BCUT2D eigenvalue weighted by molar-refractivity contribution is -0.298. The maximum Gasteiger partial charge on any atom is 0.124 e. The van der Waals surface area contributed by atoms with E-state index in [2.05, 4.69) is 61.5 Å². The van der Waals surface area contributed by atoms with Crippen LogP contribution in [0.15, 0.2) is 73.0 Å². The van der Waals surface area contributed by atoms with E-state index in [9.17, 15) is 0 Å². The lowest BCUT2D eigenvalue weighted by atomic mass is 9.81. The van der Waals surface area contributed by atoms with Crippen LogP contribution in [-0.2, 0) is 41.6 Å². The average Bonchev–Trinajstić information content (AvgIpc) is 3.28. The molecule has 0 aromatic heterocycles. The van der Waals surface area contributed by atoms with E-state index in [1.54, 1.807) is 0 Å². The van der Waals surface area contributed by atoms with Crippen molar-refractivity contribution < 1.29 is 28.4 Å². The highest BCUT2D eigenvalue weighted by atomic mass is 16.6. The van der Waals surface area contributed by atoms with E-state index in [0.717, 1.165) is 58.0 Å². The minimum atomic E-state index is -0.379. The van der Waals surface area contributed by atoms with Gasteiger partial charge in [0.15, 0.2) is 0 Å². The predicted octanol–water partition coefficient (Wildman–Crippen LogP) is 6.51. The normalized spacial score (nSPS) is 35.4. The highest BCUT2D eigenvalue weighted by molar-refractivity contribution is 5.14. The van der Waals surface area contributed by atoms with Crippen molar-refractivity contribution in [3.8, 4) is 0 Å². The zero-order valence-corrected chi connectivity index (χ0v) is 23.7. The summed E-state index contributed by atoms with van der Waals surface area (Å²) in [4.78, 5) is 0. The monoisotopic (exact) mass is 548 g/mol. The molecule has 0 bridgehead atoms. The Balaban J connectivity index is 1.11. The molecule has 0 aliphatic carbocycles. The molecule has 0 unspecified atom stereocenters. The molecule has 4 heterocycles. The van der Waals surface area contributed by atoms with Crippen molar-refractivity contribution in [2.45, 2.75) is 120 Å². The molecule has 0 amide bonds. The van der Waals surface area contributed by atoms with Gasteiger partial charge in [0.05, 0.1) is 55.6 Å². The molecule has 6 rings (SSSR count). The Kier molecular flexibility index (Phi) is 9.20. The number of benzene rings is 2. The largest absolute Gasteiger partial charge is 0.496 e. The quantitative estimate of drug-likeness (QED) is 0.333. The molecule has 4 aliphatic heterocycles. The van der Waals surface area contributed by atoms with Gasteiger partial charge in [-0.1, -0.05) is 60.7 Å². The van der Waals surface area contributed by atoms with Crippen molar-refractivity contribution in [2.24, 2.45) is 0 Å². The zero-order chi connectivity index (χ0) is 27.2. The molecule has 40 heavy (non-hydrogen) atoms. The summed E-state index contributed by atoms with van der Waals surface area (Å²) in [5, 5.41) is 0. The third-order valence-corrected chi connectivity index (χ3v) is 9.01.